The van der Waals surface area contributed by atoms with E-state index in [1.165, 1.54) is 33.3 Å². The van der Waals surface area contributed by atoms with Crippen LogP contribution in [-0.2, 0) is 23.8 Å². The fourth-order valence-electron chi connectivity index (χ4n) is 2.32. The Kier molecular flexibility index (Phi) is 8.14. The number of thiophene rings is 1. The Hall–Kier alpha value is -3.17. The summed E-state index contributed by atoms with van der Waals surface area (Å²) in [6.45, 7) is 0.946. The number of anilines is 1. The minimum atomic E-state index is -0.731. The maximum Gasteiger partial charge on any atom is 0.348 e. The summed E-state index contributed by atoms with van der Waals surface area (Å²) in [5.74, 6) is -2.80. The molecule has 30 heavy (non-hydrogen) atoms. The normalized spacial score (nSPS) is 10.5. The molecule has 0 saturated heterocycles. The van der Waals surface area contributed by atoms with E-state index in [-0.39, 0.29) is 15.4 Å². The van der Waals surface area contributed by atoms with E-state index < -0.39 is 30.4 Å². The monoisotopic (exact) mass is 451 g/mol. The highest BCUT2D eigenvalue weighted by atomic mass is 35.5. The average molecular weight is 452 g/mol. The van der Waals surface area contributed by atoms with Crippen LogP contribution in [0.2, 0.25) is 5.02 Å². The van der Waals surface area contributed by atoms with E-state index in [0.717, 1.165) is 16.9 Å². The van der Waals surface area contributed by atoms with E-state index in [2.05, 4.69) is 10.1 Å². The second-order valence-electron chi connectivity index (χ2n) is 5.78. The molecular formula is C20H18ClNO7S. The number of carbonyl (C=O) groups is 4. The van der Waals surface area contributed by atoms with Crippen molar-refractivity contribution in [3.05, 3.63) is 56.9 Å². The number of halogens is 1. The molecule has 0 atom stereocenters. The lowest BCUT2D eigenvalue weighted by Crippen LogP contribution is -2.21. The van der Waals surface area contributed by atoms with Gasteiger partial charge in [0, 0.05) is 11.1 Å². The van der Waals surface area contributed by atoms with Crippen LogP contribution in [0.1, 0.15) is 31.2 Å². The van der Waals surface area contributed by atoms with Gasteiger partial charge in [-0.05, 0) is 36.3 Å². The average Bonchev–Trinajstić information content (AvgIpc) is 3.06. The summed E-state index contributed by atoms with van der Waals surface area (Å²) in [4.78, 5) is 48.0. The van der Waals surface area contributed by atoms with Gasteiger partial charge in [-0.1, -0.05) is 23.7 Å². The van der Waals surface area contributed by atoms with E-state index in [9.17, 15) is 19.2 Å². The molecule has 1 aromatic carbocycles. The molecule has 0 radical (unpaired) electrons. The Morgan fingerprint density at radius 3 is 2.30 bits per heavy atom. The molecule has 0 saturated carbocycles. The SMILES string of the molecule is COC(=O)c1sc(NC(=O)COC(=O)/C=C/c2ccc(Cl)cc2)c(C(=O)OC)c1C. The van der Waals surface area contributed by atoms with Crippen molar-refractivity contribution in [2.75, 3.05) is 26.1 Å². The van der Waals surface area contributed by atoms with E-state index in [1.807, 2.05) is 0 Å². The van der Waals surface area contributed by atoms with Crippen molar-refractivity contribution >= 4 is 57.8 Å². The summed E-state index contributed by atoms with van der Waals surface area (Å²) in [5, 5.41) is 3.12. The Morgan fingerprint density at radius 2 is 1.70 bits per heavy atom. The molecule has 158 valence electrons. The quantitative estimate of drug-likeness (QED) is 0.390. The first kappa shape index (κ1) is 23.1. The van der Waals surface area contributed by atoms with Crippen molar-refractivity contribution in [3.8, 4) is 0 Å². The van der Waals surface area contributed by atoms with Crippen LogP contribution < -0.4 is 5.32 Å². The third kappa shape index (κ3) is 5.91. The molecule has 1 heterocycles. The lowest BCUT2D eigenvalue weighted by atomic mass is 10.1. The number of hydrogen-bond acceptors (Lipinski definition) is 8. The topological polar surface area (TPSA) is 108 Å². The van der Waals surface area contributed by atoms with Gasteiger partial charge in [-0.2, -0.15) is 0 Å². The fraction of sp³-hybridized carbons (Fsp3) is 0.200. The van der Waals surface area contributed by atoms with Crippen LogP contribution in [0.3, 0.4) is 0 Å². The van der Waals surface area contributed by atoms with Crippen molar-refractivity contribution in [1.29, 1.82) is 0 Å². The summed E-state index contributed by atoms with van der Waals surface area (Å²) in [7, 11) is 2.38. The summed E-state index contributed by atoms with van der Waals surface area (Å²) < 4.78 is 14.3. The smallest absolute Gasteiger partial charge is 0.348 e. The molecule has 10 heteroatoms. The van der Waals surface area contributed by atoms with Gasteiger partial charge in [-0.3, -0.25) is 4.79 Å². The predicted octanol–water partition coefficient (Wildman–Crippen LogP) is 3.48. The van der Waals surface area contributed by atoms with Crippen LogP contribution in [0, 0.1) is 6.92 Å². The first-order valence-electron chi connectivity index (χ1n) is 8.47. The van der Waals surface area contributed by atoms with Crippen molar-refractivity contribution in [1.82, 2.24) is 0 Å². The molecule has 2 rings (SSSR count). The first-order chi connectivity index (χ1) is 14.3. The lowest BCUT2D eigenvalue weighted by Gasteiger charge is -2.06. The van der Waals surface area contributed by atoms with Crippen molar-refractivity contribution < 1.29 is 33.4 Å². The van der Waals surface area contributed by atoms with Crippen molar-refractivity contribution in [2.45, 2.75) is 6.92 Å². The molecule has 8 nitrogen and oxygen atoms in total. The predicted molar refractivity (Wildman–Crippen MR) is 112 cm³/mol. The summed E-state index contributed by atoms with van der Waals surface area (Å²) in [6.07, 6.45) is 2.68. The molecule has 0 fully saturated rings. The third-order valence-corrected chi connectivity index (χ3v) is 5.23. The number of methoxy groups -OCH3 is 2. The van der Waals surface area contributed by atoms with Crippen molar-refractivity contribution in [3.63, 3.8) is 0 Å². The summed E-state index contributed by atoms with van der Waals surface area (Å²) >= 11 is 6.65. The van der Waals surface area contributed by atoms with Gasteiger partial charge in [0.2, 0.25) is 0 Å². The molecule has 1 N–H and O–H groups in total. The van der Waals surface area contributed by atoms with E-state index in [0.29, 0.717) is 10.6 Å². The van der Waals surface area contributed by atoms with Crippen LogP contribution >= 0.6 is 22.9 Å². The minimum Gasteiger partial charge on any atom is -0.465 e. The Labute approximate surface area is 181 Å². The summed E-state index contributed by atoms with van der Waals surface area (Å²) in [6, 6.07) is 6.77. The highest BCUT2D eigenvalue weighted by molar-refractivity contribution is 7.18. The van der Waals surface area contributed by atoms with E-state index in [1.54, 1.807) is 24.3 Å². The second-order valence-corrected chi connectivity index (χ2v) is 7.24. The molecule has 1 amide bonds. The number of esters is 3. The van der Waals surface area contributed by atoms with Gasteiger partial charge in [0.1, 0.15) is 9.88 Å². The highest BCUT2D eigenvalue weighted by Crippen LogP contribution is 2.34. The number of nitrogens with one attached hydrogen (secondary N) is 1. The van der Waals surface area contributed by atoms with Gasteiger partial charge in [-0.25, -0.2) is 14.4 Å². The fourth-order valence-corrected chi connectivity index (χ4v) is 3.58. The number of hydrogen-bond donors (Lipinski definition) is 1. The van der Waals surface area contributed by atoms with Gasteiger partial charge < -0.3 is 19.5 Å². The Bertz CT molecular complexity index is 995. The number of carbonyl (C=O) groups excluding carboxylic acids is 4. The maximum absolute atomic E-state index is 12.2. The van der Waals surface area contributed by atoms with Crippen LogP contribution in [0.15, 0.2) is 30.3 Å². The number of benzene rings is 1. The standard InChI is InChI=1S/C20H18ClNO7S/c1-11-16(19(25)27-2)18(30-17(11)20(26)28-3)22-14(23)10-29-15(24)9-6-12-4-7-13(21)8-5-12/h4-9H,10H2,1-3H3,(H,22,23)/b9-6+. The van der Waals surface area contributed by atoms with Gasteiger partial charge in [-0.15, -0.1) is 11.3 Å². The highest BCUT2D eigenvalue weighted by Gasteiger charge is 2.26. The zero-order chi connectivity index (χ0) is 22.3. The van der Waals surface area contributed by atoms with Crippen LogP contribution in [0.25, 0.3) is 6.08 Å². The molecule has 0 spiro atoms. The number of amides is 1. The van der Waals surface area contributed by atoms with Gasteiger partial charge in [0.15, 0.2) is 6.61 Å². The molecule has 2 aromatic rings. The summed E-state index contributed by atoms with van der Waals surface area (Å²) in [5.41, 5.74) is 1.08. The van der Waals surface area contributed by atoms with Crippen LogP contribution in [0.5, 0.6) is 0 Å². The lowest BCUT2D eigenvalue weighted by molar-refractivity contribution is -0.142. The largest absolute Gasteiger partial charge is 0.465 e. The molecule has 1 aromatic heterocycles. The van der Waals surface area contributed by atoms with E-state index in [4.69, 9.17) is 21.1 Å². The number of rotatable bonds is 7. The third-order valence-electron chi connectivity index (χ3n) is 3.79. The van der Waals surface area contributed by atoms with Crippen LogP contribution in [-0.4, -0.2) is 44.6 Å². The molecule has 0 aliphatic heterocycles. The first-order valence-corrected chi connectivity index (χ1v) is 9.66. The zero-order valence-electron chi connectivity index (χ0n) is 16.3. The van der Waals surface area contributed by atoms with Crippen molar-refractivity contribution in [2.24, 2.45) is 0 Å². The van der Waals surface area contributed by atoms with Crippen LogP contribution in [0.4, 0.5) is 5.00 Å². The molecule has 0 aliphatic carbocycles. The maximum atomic E-state index is 12.2. The molecule has 0 unspecified atom stereocenters. The van der Waals surface area contributed by atoms with Gasteiger partial charge in [0.05, 0.1) is 19.8 Å². The molecular weight excluding hydrogens is 434 g/mol. The molecule has 0 aliphatic rings. The van der Waals surface area contributed by atoms with E-state index >= 15 is 0 Å². The Balaban J connectivity index is 2.03. The second kappa shape index (κ2) is 10.6. The number of ether oxygens (including phenoxy) is 3. The minimum absolute atomic E-state index is 0.0326. The molecule has 0 bridgehead atoms. The van der Waals surface area contributed by atoms with Gasteiger partial charge in [0.25, 0.3) is 5.91 Å². The zero-order valence-corrected chi connectivity index (χ0v) is 17.9. The van der Waals surface area contributed by atoms with Gasteiger partial charge >= 0.3 is 17.9 Å². The Morgan fingerprint density at radius 1 is 1.07 bits per heavy atom.